The van der Waals surface area contributed by atoms with Crippen LogP contribution in [0, 0.1) is 20.8 Å². The minimum Gasteiger partial charge on any atom is -0.310 e. The highest BCUT2D eigenvalue weighted by atomic mass is 32.2. The van der Waals surface area contributed by atoms with E-state index in [0.717, 1.165) is 27.8 Å². The molecule has 142 valence electrons. The molecule has 0 unspecified atom stereocenters. The van der Waals surface area contributed by atoms with Gasteiger partial charge in [-0.15, -0.1) is 0 Å². The third-order valence-electron chi connectivity index (χ3n) is 4.00. The number of amides is 1. The molecule has 0 radical (unpaired) electrons. The average molecular weight is 393 g/mol. The maximum Gasteiger partial charge on any atom is 0.252 e. The van der Waals surface area contributed by atoms with Crippen molar-refractivity contribution in [1.82, 2.24) is 29.1 Å². The van der Waals surface area contributed by atoms with Crippen molar-refractivity contribution in [3.8, 4) is 5.95 Å². The first kappa shape index (κ1) is 18.2. The van der Waals surface area contributed by atoms with Gasteiger partial charge in [0.15, 0.2) is 5.16 Å². The smallest absolute Gasteiger partial charge is 0.252 e. The summed E-state index contributed by atoms with van der Waals surface area (Å²) >= 11 is 1.38. The van der Waals surface area contributed by atoms with E-state index in [1.807, 2.05) is 55.6 Å². The van der Waals surface area contributed by atoms with Crippen LogP contribution < -0.4 is 5.32 Å². The van der Waals surface area contributed by atoms with Crippen LogP contribution in [0.3, 0.4) is 0 Å². The van der Waals surface area contributed by atoms with Crippen LogP contribution >= 0.6 is 11.8 Å². The maximum absolute atomic E-state index is 12.5. The van der Waals surface area contributed by atoms with Gasteiger partial charge in [-0.05, 0) is 39.0 Å². The molecule has 0 aliphatic rings. The van der Waals surface area contributed by atoms with Gasteiger partial charge in [0.05, 0.1) is 23.2 Å². The molecule has 4 aromatic heterocycles. The number of rotatable bonds is 5. The summed E-state index contributed by atoms with van der Waals surface area (Å²) in [5, 5.41) is 8.10. The molecule has 4 heterocycles. The van der Waals surface area contributed by atoms with Gasteiger partial charge in [-0.25, -0.2) is 15.0 Å². The fraction of sp³-hybridized carbons (Fsp3) is 0.211. The van der Waals surface area contributed by atoms with Crippen LogP contribution in [0.1, 0.15) is 17.1 Å². The first-order chi connectivity index (χ1) is 13.5. The summed E-state index contributed by atoms with van der Waals surface area (Å²) in [6.07, 6.45) is 3.72. The van der Waals surface area contributed by atoms with E-state index in [9.17, 15) is 4.79 Å². The number of thioether (sulfide) groups is 1. The fourth-order valence-corrected chi connectivity index (χ4v) is 3.64. The molecule has 1 amide bonds. The van der Waals surface area contributed by atoms with Crippen LogP contribution in [0.25, 0.3) is 11.5 Å². The number of nitrogens with one attached hydrogen (secondary N) is 1. The molecule has 4 aromatic rings. The Morgan fingerprint density at radius 3 is 2.68 bits per heavy atom. The number of hydrogen-bond acceptors (Lipinski definition) is 6. The number of anilines is 1. The van der Waals surface area contributed by atoms with Crippen LogP contribution in [-0.2, 0) is 4.79 Å². The van der Waals surface area contributed by atoms with Gasteiger partial charge in [0.25, 0.3) is 5.95 Å². The van der Waals surface area contributed by atoms with E-state index in [0.29, 0.717) is 11.8 Å². The maximum atomic E-state index is 12.5. The second kappa shape index (κ2) is 7.43. The summed E-state index contributed by atoms with van der Waals surface area (Å²) in [7, 11) is 0. The molecule has 8 nitrogen and oxygen atoms in total. The normalized spacial score (nSPS) is 11.1. The highest BCUT2D eigenvalue weighted by molar-refractivity contribution is 7.99. The number of aryl methyl sites for hydroxylation is 3. The Bertz CT molecular complexity index is 1140. The second-order valence-corrected chi connectivity index (χ2v) is 7.35. The lowest BCUT2D eigenvalue weighted by Crippen LogP contribution is -2.18. The Labute approximate surface area is 166 Å². The zero-order valence-electron chi connectivity index (χ0n) is 15.7. The first-order valence-corrected chi connectivity index (χ1v) is 9.72. The van der Waals surface area contributed by atoms with E-state index in [2.05, 4.69) is 25.4 Å². The van der Waals surface area contributed by atoms with E-state index in [1.165, 1.54) is 11.8 Å². The fourth-order valence-electron chi connectivity index (χ4n) is 2.88. The Morgan fingerprint density at radius 2 is 1.89 bits per heavy atom. The lowest BCUT2D eigenvalue weighted by molar-refractivity contribution is -0.113. The number of imidazole rings is 1. The zero-order chi connectivity index (χ0) is 19.7. The number of hydrogen-bond donors (Lipinski definition) is 1. The molecule has 0 aliphatic carbocycles. The second-order valence-electron chi connectivity index (χ2n) is 6.41. The number of aromatic nitrogens is 6. The molecule has 0 bridgehead atoms. The van der Waals surface area contributed by atoms with E-state index < -0.39 is 0 Å². The Hall–Kier alpha value is -3.20. The van der Waals surface area contributed by atoms with Gasteiger partial charge in [0, 0.05) is 23.7 Å². The number of nitrogens with zero attached hydrogens (tertiary/aromatic N) is 6. The van der Waals surface area contributed by atoms with Crippen molar-refractivity contribution in [3.63, 3.8) is 0 Å². The molecule has 0 atom stereocenters. The predicted molar refractivity (Wildman–Crippen MR) is 108 cm³/mol. The number of carbonyl (C=O) groups is 1. The topological polar surface area (TPSA) is 90.0 Å². The van der Waals surface area contributed by atoms with Gasteiger partial charge in [-0.2, -0.15) is 9.78 Å². The SMILES string of the molecule is Cc1cc(C)nc(-n2nc(C)cc2NC(=O)CSc2ncc3ccccn23)n1. The first-order valence-electron chi connectivity index (χ1n) is 8.73. The third kappa shape index (κ3) is 3.74. The zero-order valence-corrected chi connectivity index (χ0v) is 16.6. The minimum atomic E-state index is -0.150. The molecule has 0 fully saturated rings. The molecular weight excluding hydrogens is 374 g/mol. The number of carbonyl (C=O) groups excluding carboxylic acids is 1. The standard InChI is InChI=1S/C19H19N7OS/c1-12-8-13(2)22-18(21-12)26-16(9-14(3)24-26)23-17(27)11-28-19-20-10-15-6-4-5-7-25(15)19/h4-10H,11H2,1-3H3,(H,23,27). The molecule has 0 saturated heterocycles. The Kier molecular flexibility index (Phi) is 4.82. The van der Waals surface area contributed by atoms with Crippen LogP contribution in [0.4, 0.5) is 5.82 Å². The van der Waals surface area contributed by atoms with Crippen LogP contribution in [0.15, 0.2) is 47.9 Å². The van der Waals surface area contributed by atoms with Crippen molar-refractivity contribution in [2.24, 2.45) is 0 Å². The molecule has 28 heavy (non-hydrogen) atoms. The molecule has 1 N–H and O–H groups in total. The summed E-state index contributed by atoms with van der Waals surface area (Å²) < 4.78 is 3.51. The van der Waals surface area contributed by atoms with E-state index >= 15 is 0 Å². The van der Waals surface area contributed by atoms with Crippen molar-refractivity contribution in [3.05, 3.63) is 59.8 Å². The van der Waals surface area contributed by atoms with Gasteiger partial charge in [-0.1, -0.05) is 17.8 Å². The monoisotopic (exact) mass is 393 g/mol. The Morgan fingerprint density at radius 1 is 1.11 bits per heavy atom. The molecule has 0 aliphatic heterocycles. The average Bonchev–Trinajstić information content (AvgIpc) is 3.22. The van der Waals surface area contributed by atoms with E-state index in [1.54, 1.807) is 16.9 Å². The van der Waals surface area contributed by atoms with Crippen molar-refractivity contribution in [2.75, 3.05) is 11.1 Å². The van der Waals surface area contributed by atoms with Crippen molar-refractivity contribution in [1.29, 1.82) is 0 Å². The summed E-state index contributed by atoms with van der Waals surface area (Å²) in [6.45, 7) is 5.66. The molecule has 0 spiro atoms. The van der Waals surface area contributed by atoms with E-state index in [-0.39, 0.29) is 11.7 Å². The van der Waals surface area contributed by atoms with Gasteiger partial charge in [0.2, 0.25) is 5.91 Å². The van der Waals surface area contributed by atoms with Crippen LogP contribution in [0.2, 0.25) is 0 Å². The molecule has 0 saturated carbocycles. The quantitative estimate of drug-likeness (QED) is 0.524. The molecule has 9 heteroatoms. The number of fused-ring (bicyclic) bond motifs is 1. The highest BCUT2D eigenvalue weighted by Gasteiger charge is 2.14. The minimum absolute atomic E-state index is 0.150. The van der Waals surface area contributed by atoms with Crippen LogP contribution in [-0.4, -0.2) is 40.8 Å². The largest absolute Gasteiger partial charge is 0.310 e. The lowest BCUT2D eigenvalue weighted by Gasteiger charge is -2.08. The van der Waals surface area contributed by atoms with Gasteiger partial charge < -0.3 is 5.32 Å². The molecule has 4 rings (SSSR count). The third-order valence-corrected chi connectivity index (χ3v) is 4.96. The van der Waals surface area contributed by atoms with Crippen molar-refractivity contribution >= 4 is 29.0 Å². The van der Waals surface area contributed by atoms with Gasteiger partial charge in [0.1, 0.15) is 5.82 Å². The van der Waals surface area contributed by atoms with E-state index in [4.69, 9.17) is 0 Å². The summed E-state index contributed by atoms with van der Waals surface area (Å²) in [4.78, 5) is 25.7. The van der Waals surface area contributed by atoms with Crippen molar-refractivity contribution in [2.45, 2.75) is 25.9 Å². The highest BCUT2D eigenvalue weighted by Crippen LogP contribution is 2.20. The summed E-state index contributed by atoms with van der Waals surface area (Å²) in [5.74, 6) is 1.06. The van der Waals surface area contributed by atoms with Gasteiger partial charge in [-0.3, -0.25) is 9.20 Å². The van der Waals surface area contributed by atoms with Crippen LogP contribution in [0.5, 0.6) is 0 Å². The molecular formula is C19H19N7OS. The number of pyridine rings is 1. The summed E-state index contributed by atoms with van der Waals surface area (Å²) in [6, 6.07) is 9.56. The molecule has 0 aromatic carbocycles. The lowest BCUT2D eigenvalue weighted by atomic mass is 10.4. The predicted octanol–water partition coefficient (Wildman–Crippen LogP) is 2.97. The van der Waals surface area contributed by atoms with Gasteiger partial charge >= 0.3 is 0 Å². The Balaban J connectivity index is 1.50. The summed E-state index contributed by atoms with van der Waals surface area (Å²) in [5.41, 5.74) is 3.44. The van der Waals surface area contributed by atoms with Crippen molar-refractivity contribution < 1.29 is 4.79 Å².